The highest BCUT2D eigenvalue weighted by molar-refractivity contribution is 5.81. The zero-order valence-electron chi connectivity index (χ0n) is 16.7. The van der Waals surface area contributed by atoms with E-state index in [1.165, 1.54) is 5.56 Å². The summed E-state index contributed by atoms with van der Waals surface area (Å²) in [6.45, 7) is 8.24. The molecular formula is C22H29NO4. The Bertz CT molecular complexity index is 742. The first-order valence-electron chi connectivity index (χ1n) is 9.24. The van der Waals surface area contributed by atoms with Crippen molar-refractivity contribution in [2.45, 2.75) is 46.3 Å². The van der Waals surface area contributed by atoms with Crippen LogP contribution in [0.15, 0.2) is 42.5 Å². The minimum atomic E-state index is -0.533. The summed E-state index contributed by atoms with van der Waals surface area (Å²) in [7, 11) is 1.62. The van der Waals surface area contributed by atoms with E-state index in [0.717, 1.165) is 22.8 Å². The second-order valence-electron chi connectivity index (χ2n) is 6.68. The van der Waals surface area contributed by atoms with E-state index < -0.39 is 6.10 Å². The maximum atomic E-state index is 12.6. The highest BCUT2D eigenvalue weighted by Crippen LogP contribution is 2.21. The Morgan fingerprint density at radius 2 is 1.74 bits per heavy atom. The van der Waals surface area contributed by atoms with Gasteiger partial charge in [0.1, 0.15) is 23.9 Å². The smallest absolute Gasteiger partial charge is 0.261 e. The summed E-state index contributed by atoms with van der Waals surface area (Å²) in [4.78, 5) is 12.6. The molecule has 0 saturated carbocycles. The Hall–Kier alpha value is -2.69. The summed E-state index contributed by atoms with van der Waals surface area (Å²) < 4.78 is 16.8. The van der Waals surface area contributed by atoms with E-state index in [2.05, 4.69) is 5.32 Å². The zero-order valence-corrected chi connectivity index (χ0v) is 16.7. The molecule has 0 spiro atoms. The molecule has 0 fully saturated rings. The fraction of sp³-hybridized carbons (Fsp3) is 0.409. The number of hydrogen-bond donors (Lipinski definition) is 1. The van der Waals surface area contributed by atoms with Crippen LogP contribution >= 0.6 is 0 Å². The van der Waals surface area contributed by atoms with E-state index in [1.807, 2.05) is 70.2 Å². The Morgan fingerprint density at radius 3 is 2.33 bits per heavy atom. The first kappa shape index (κ1) is 20.6. The molecule has 5 nitrogen and oxygen atoms in total. The summed E-state index contributed by atoms with van der Waals surface area (Å²) in [5.74, 6) is 2.11. The van der Waals surface area contributed by atoms with Crippen molar-refractivity contribution in [3.63, 3.8) is 0 Å². The van der Waals surface area contributed by atoms with Crippen molar-refractivity contribution >= 4 is 5.91 Å². The van der Waals surface area contributed by atoms with E-state index in [1.54, 1.807) is 7.11 Å². The third-order valence-corrected chi connectivity index (χ3v) is 4.21. The Kier molecular flexibility index (Phi) is 7.53. The second-order valence-corrected chi connectivity index (χ2v) is 6.68. The second kappa shape index (κ2) is 9.86. The van der Waals surface area contributed by atoms with Gasteiger partial charge in [0.25, 0.3) is 5.91 Å². The van der Waals surface area contributed by atoms with E-state index in [9.17, 15) is 4.79 Å². The minimum Gasteiger partial charge on any atom is -0.497 e. The lowest BCUT2D eigenvalue weighted by atomic mass is 10.1. The Balaban J connectivity index is 1.86. The molecule has 0 unspecified atom stereocenters. The lowest BCUT2D eigenvalue weighted by Gasteiger charge is -2.21. The van der Waals surface area contributed by atoms with Gasteiger partial charge in [0.2, 0.25) is 0 Å². The summed E-state index contributed by atoms with van der Waals surface area (Å²) in [5, 5.41) is 2.96. The van der Waals surface area contributed by atoms with Gasteiger partial charge in [-0.1, -0.05) is 24.6 Å². The van der Waals surface area contributed by atoms with Crippen molar-refractivity contribution in [2.24, 2.45) is 0 Å². The van der Waals surface area contributed by atoms with Crippen molar-refractivity contribution in [2.75, 3.05) is 13.7 Å². The van der Waals surface area contributed by atoms with Crippen LogP contribution in [-0.2, 0) is 4.79 Å². The molecule has 0 heterocycles. The zero-order chi connectivity index (χ0) is 19.8. The molecule has 0 aliphatic carbocycles. The van der Waals surface area contributed by atoms with Crippen LogP contribution in [-0.4, -0.2) is 31.8 Å². The van der Waals surface area contributed by atoms with Crippen molar-refractivity contribution in [1.29, 1.82) is 0 Å². The fourth-order valence-electron chi connectivity index (χ4n) is 2.68. The first-order valence-corrected chi connectivity index (χ1v) is 9.24. The van der Waals surface area contributed by atoms with Crippen LogP contribution in [0.25, 0.3) is 0 Å². The molecule has 5 heteroatoms. The number of hydrogen-bond acceptors (Lipinski definition) is 4. The molecule has 2 aromatic carbocycles. The number of nitrogens with one attached hydrogen (secondary N) is 1. The Morgan fingerprint density at radius 1 is 1.07 bits per heavy atom. The van der Waals surface area contributed by atoms with Crippen LogP contribution in [0, 0.1) is 13.8 Å². The van der Waals surface area contributed by atoms with Gasteiger partial charge >= 0.3 is 0 Å². The third kappa shape index (κ3) is 6.20. The number of rotatable bonds is 9. The highest BCUT2D eigenvalue weighted by atomic mass is 16.5. The number of amides is 1. The molecule has 0 radical (unpaired) electrons. The summed E-state index contributed by atoms with van der Waals surface area (Å²) in [6.07, 6.45) is 0.0559. The molecule has 2 aromatic rings. The van der Waals surface area contributed by atoms with Gasteiger partial charge < -0.3 is 19.5 Å². The van der Waals surface area contributed by atoms with E-state index in [4.69, 9.17) is 14.2 Å². The number of carbonyl (C=O) groups excluding carboxylic acids is 1. The quantitative estimate of drug-likeness (QED) is 0.722. The number of benzene rings is 2. The number of carbonyl (C=O) groups is 1. The van der Waals surface area contributed by atoms with Crippen molar-refractivity contribution in [3.8, 4) is 17.2 Å². The molecule has 0 aromatic heterocycles. The van der Waals surface area contributed by atoms with Crippen LogP contribution < -0.4 is 19.5 Å². The molecular weight excluding hydrogens is 342 g/mol. The van der Waals surface area contributed by atoms with Crippen LogP contribution in [0.3, 0.4) is 0 Å². The van der Waals surface area contributed by atoms with E-state index in [0.29, 0.717) is 13.0 Å². The standard InChI is InChI=1S/C22H29NO4/c1-6-20(27-21-12-7-15(2)13-16(21)3)22(24)23-17(4)14-26-19-10-8-18(25-5)9-11-19/h7-13,17,20H,6,14H2,1-5H3,(H,23,24)/t17-,20+/m0/s1. The van der Waals surface area contributed by atoms with Gasteiger partial charge in [-0.25, -0.2) is 0 Å². The monoisotopic (exact) mass is 371 g/mol. The highest BCUT2D eigenvalue weighted by Gasteiger charge is 2.21. The van der Waals surface area contributed by atoms with Crippen LogP contribution in [0.4, 0.5) is 0 Å². The molecule has 1 N–H and O–H groups in total. The Labute approximate surface area is 161 Å². The predicted molar refractivity (Wildman–Crippen MR) is 107 cm³/mol. The average molecular weight is 371 g/mol. The van der Waals surface area contributed by atoms with Crippen LogP contribution in [0.2, 0.25) is 0 Å². The van der Waals surface area contributed by atoms with Crippen molar-refractivity contribution in [3.05, 3.63) is 53.6 Å². The lowest BCUT2D eigenvalue weighted by molar-refractivity contribution is -0.129. The topological polar surface area (TPSA) is 56.8 Å². The molecule has 0 aliphatic heterocycles. The fourth-order valence-corrected chi connectivity index (χ4v) is 2.68. The van der Waals surface area contributed by atoms with Crippen molar-refractivity contribution in [1.82, 2.24) is 5.32 Å². The normalized spacial score (nSPS) is 12.8. The SMILES string of the molecule is CC[C@@H](Oc1ccc(C)cc1C)C(=O)N[C@@H](C)COc1ccc(OC)cc1. The van der Waals surface area contributed by atoms with Gasteiger partial charge in [-0.05, 0) is 63.1 Å². The number of aryl methyl sites for hydroxylation is 2. The number of methoxy groups -OCH3 is 1. The maximum absolute atomic E-state index is 12.6. The minimum absolute atomic E-state index is 0.136. The van der Waals surface area contributed by atoms with Gasteiger partial charge in [0.05, 0.1) is 13.2 Å². The molecule has 0 bridgehead atoms. The van der Waals surface area contributed by atoms with Crippen molar-refractivity contribution < 1.29 is 19.0 Å². The van der Waals surface area contributed by atoms with E-state index >= 15 is 0 Å². The maximum Gasteiger partial charge on any atom is 0.261 e. The van der Waals surface area contributed by atoms with Gasteiger partial charge in [0.15, 0.2) is 6.10 Å². The van der Waals surface area contributed by atoms with Gasteiger partial charge in [0, 0.05) is 0 Å². The predicted octanol–water partition coefficient (Wildman–Crippen LogP) is 4.05. The molecule has 1 amide bonds. The van der Waals surface area contributed by atoms with Crippen LogP contribution in [0.5, 0.6) is 17.2 Å². The number of ether oxygens (including phenoxy) is 3. The molecule has 0 aliphatic rings. The first-order chi connectivity index (χ1) is 12.9. The molecule has 27 heavy (non-hydrogen) atoms. The average Bonchev–Trinajstić information content (AvgIpc) is 2.66. The van der Waals surface area contributed by atoms with Gasteiger partial charge in [-0.2, -0.15) is 0 Å². The van der Waals surface area contributed by atoms with Gasteiger partial charge in [-0.15, -0.1) is 0 Å². The third-order valence-electron chi connectivity index (χ3n) is 4.21. The van der Waals surface area contributed by atoms with E-state index in [-0.39, 0.29) is 11.9 Å². The largest absolute Gasteiger partial charge is 0.497 e. The summed E-state index contributed by atoms with van der Waals surface area (Å²) in [6, 6.07) is 13.2. The summed E-state index contributed by atoms with van der Waals surface area (Å²) in [5.41, 5.74) is 2.19. The van der Waals surface area contributed by atoms with Crippen LogP contribution in [0.1, 0.15) is 31.4 Å². The summed E-state index contributed by atoms with van der Waals surface area (Å²) >= 11 is 0. The molecule has 146 valence electrons. The lowest BCUT2D eigenvalue weighted by Crippen LogP contribution is -2.44. The molecule has 2 atom stereocenters. The molecule has 0 saturated heterocycles. The molecule has 2 rings (SSSR count). The van der Waals surface area contributed by atoms with Gasteiger partial charge in [-0.3, -0.25) is 4.79 Å².